The standard InChI is InChI=1S/C15H17F3N2O/c1-2-21-13-4-3-7-20(10-13)12-5-6-14(15(16,17)18)11(8-12)9-19/h5-6,8,13H,2-4,7,10H2,1H3. The number of piperidine rings is 1. The topological polar surface area (TPSA) is 36.3 Å². The van der Waals surface area contributed by atoms with E-state index in [0.29, 0.717) is 18.8 Å². The van der Waals surface area contributed by atoms with E-state index in [1.165, 1.54) is 12.1 Å². The molecule has 1 heterocycles. The van der Waals surface area contributed by atoms with E-state index in [1.54, 1.807) is 6.07 Å². The lowest BCUT2D eigenvalue weighted by molar-refractivity contribution is -0.137. The highest BCUT2D eigenvalue weighted by Gasteiger charge is 2.34. The molecule has 1 aliphatic rings. The van der Waals surface area contributed by atoms with Gasteiger partial charge in [0.05, 0.1) is 23.3 Å². The first-order valence-corrected chi connectivity index (χ1v) is 6.93. The Labute approximate surface area is 121 Å². The summed E-state index contributed by atoms with van der Waals surface area (Å²) in [5, 5.41) is 8.95. The van der Waals surface area contributed by atoms with Crippen LogP contribution in [0, 0.1) is 11.3 Å². The van der Waals surface area contributed by atoms with Crippen LogP contribution in [-0.4, -0.2) is 25.8 Å². The van der Waals surface area contributed by atoms with E-state index < -0.39 is 11.7 Å². The van der Waals surface area contributed by atoms with E-state index in [2.05, 4.69) is 0 Å². The fourth-order valence-electron chi connectivity index (χ4n) is 2.61. The van der Waals surface area contributed by atoms with Crippen molar-refractivity contribution in [3.63, 3.8) is 0 Å². The molecule has 3 nitrogen and oxygen atoms in total. The Kier molecular flexibility index (Phi) is 4.73. The maximum absolute atomic E-state index is 12.8. The predicted molar refractivity (Wildman–Crippen MR) is 73.0 cm³/mol. The minimum absolute atomic E-state index is 0.0941. The van der Waals surface area contributed by atoms with Gasteiger partial charge in [-0.25, -0.2) is 0 Å². The number of hydrogen-bond acceptors (Lipinski definition) is 3. The molecule has 114 valence electrons. The highest BCUT2D eigenvalue weighted by atomic mass is 19.4. The summed E-state index contributed by atoms with van der Waals surface area (Å²) in [4.78, 5) is 1.98. The first kappa shape index (κ1) is 15.6. The summed E-state index contributed by atoms with van der Waals surface area (Å²) in [5.41, 5.74) is -0.574. The van der Waals surface area contributed by atoms with E-state index >= 15 is 0 Å². The van der Waals surface area contributed by atoms with Crippen molar-refractivity contribution in [3.8, 4) is 6.07 Å². The van der Waals surface area contributed by atoms with Gasteiger partial charge in [-0.2, -0.15) is 18.4 Å². The smallest absolute Gasteiger partial charge is 0.377 e. The van der Waals surface area contributed by atoms with Crippen LogP contribution in [-0.2, 0) is 10.9 Å². The highest BCUT2D eigenvalue weighted by molar-refractivity contribution is 5.55. The fourth-order valence-corrected chi connectivity index (χ4v) is 2.61. The quantitative estimate of drug-likeness (QED) is 0.855. The van der Waals surface area contributed by atoms with Gasteiger partial charge in [-0.15, -0.1) is 0 Å². The van der Waals surface area contributed by atoms with Gasteiger partial charge in [0.1, 0.15) is 0 Å². The van der Waals surface area contributed by atoms with Gasteiger partial charge in [0.2, 0.25) is 0 Å². The zero-order valence-corrected chi connectivity index (χ0v) is 11.8. The zero-order chi connectivity index (χ0) is 15.5. The van der Waals surface area contributed by atoms with Crippen LogP contribution in [0.1, 0.15) is 30.9 Å². The molecule has 1 fully saturated rings. The third-order valence-electron chi connectivity index (χ3n) is 3.57. The molecular formula is C15H17F3N2O. The monoisotopic (exact) mass is 298 g/mol. The van der Waals surface area contributed by atoms with Gasteiger partial charge < -0.3 is 9.64 Å². The van der Waals surface area contributed by atoms with E-state index in [9.17, 15) is 13.2 Å². The summed E-state index contributed by atoms with van der Waals surface area (Å²) in [7, 11) is 0. The summed E-state index contributed by atoms with van der Waals surface area (Å²) in [6.45, 7) is 3.95. The summed E-state index contributed by atoms with van der Waals surface area (Å²) < 4.78 is 43.9. The largest absolute Gasteiger partial charge is 0.417 e. The number of alkyl halides is 3. The van der Waals surface area contributed by atoms with Gasteiger partial charge >= 0.3 is 6.18 Å². The molecule has 0 aliphatic carbocycles. The van der Waals surface area contributed by atoms with Gasteiger partial charge in [-0.3, -0.25) is 0 Å². The maximum Gasteiger partial charge on any atom is 0.417 e. The molecule has 1 aliphatic heterocycles. The Balaban J connectivity index is 2.23. The van der Waals surface area contributed by atoms with Crippen molar-refractivity contribution < 1.29 is 17.9 Å². The minimum atomic E-state index is -4.50. The minimum Gasteiger partial charge on any atom is -0.377 e. The molecule has 2 rings (SSSR count). The molecule has 6 heteroatoms. The molecule has 0 bridgehead atoms. The summed E-state index contributed by atoms with van der Waals surface area (Å²) in [6, 6.07) is 5.37. The highest BCUT2D eigenvalue weighted by Crippen LogP contribution is 2.34. The van der Waals surface area contributed by atoms with Gasteiger partial charge in [0.15, 0.2) is 0 Å². The first-order valence-electron chi connectivity index (χ1n) is 6.93. The van der Waals surface area contributed by atoms with Crippen molar-refractivity contribution in [1.82, 2.24) is 0 Å². The van der Waals surface area contributed by atoms with Crippen LogP contribution in [0.25, 0.3) is 0 Å². The lowest BCUT2D eigenvalue weighted by Gasteiger charge is -2.34. The SMILES string of the molecule is CCOC1CCCN(c2ccc(C(F)(F)F)c(C#N)c2)C1. The van der Waals surface area contributed by atoms with Gasteiger partial charge in [0.25, 0.3) is 0 Å². The Bertz CT molecular complexity index is 535. The third-order valence-corrected chi connectivity index (χ3v) is 3.57. The second kappa shape index (κ2) is 6.35. The van der Waals surface area contributed by atoms with Gasteiger partial charge in [-0.1, -0.05) is 0 Å². The van der Waals surface area contributed by atoms with Crippen molar-refractivity contribution in [2.45, 2.75) is 32.0 Å². The maximum atomic E-state index is 12.8. The molecule has 1 saturated heterocycles. The number of hydrogen-bond donors (Lipinski definition) is 0. The molecule has 21 heavy (non-hydrogen) atoms. The third kappa shape index (κ3) is 3.67. The van der Waals surface area contributed by atoms with E-state index in [0.717, 1.165) is 25.5 Å². The second-order valence-electron chi connectivity index (χ2n) is 5.01. The number of anilines is 1. The molecule has 0 radical (unpaired) electrons. The number of nitriles is 1. The van der Waals surface area contributed by atoms with Crippen molar-refractivity contribution in [2.75, 3.05) is 24.6 Å². The molecule has 1 unspecified atom stereocenters. The number of halogens is 3. The fraction of sp³-hybridized carbons (Fsp3) is 0.533. The number of rotatable bonds is 3. The number of benzene rings is 1. The van der Waals surface area contributed by atoms with Crippen LogP contribution < -0.4 is 4.90 Å². The van der Waals surface area contributed by atoms with Crippen LogP contribution in [0.4, 0.5) is 18.9 Å². The second-order valence-corrected chi connectivity index (χ2v) is 5.01. The number of ether oxygens (including phenoxy) is 1. The van der Waals surface area contributed by atoms with Gasteiger partial charge in [0, 0.05) is 25.4 Å². The van der Waals surface area contributed by atoms with Crippen LogP contribution in [0.3, 0.4) is 0 Å². The summed E-state index contributed by atoms with van der Waals surface area (Å²) in [5.74, 6) is 0. The molecule has 0 saturated carbocycles. The molecule has 1 aromatic carbocycles. The van der Waals surface area contributed by atoms with Crippen molar-refractivity contribution in [1.29, 1.82) is 5.26 Å². The Morgan fingerprint density at radius 2 is 2.19 bits per heavy atom. The van der Waals surface area contributed by atoms with Crippen LogP contribution in [0.5, 0.6) is 0 Å². The lowest BCUT2D eigenvalue weighted by atomic mass is 10.0. The lowest BCUT2D eigenvalue weighted by Crippen LogP contribution is -2.39. The van der Waals surface area contributed by atoms with E-state index in [-0.39, 0.29) is 11.7 Å². The average molecular weight is 298 g/mol. The summed E-state index contributed by atoms with van der Waals surface area (Å²) >= 11 is 0. The van der Waals surface area contributed by atoms with Crippen LogP contribution >= 0.6 is 0 Å². The Morgan fingerprint density at radius 1 is 1.43 bits per heavy atom. The first-order chi connectivity index (χ1) is 9.95. The number of nitrogens with zero attached hydrogens (tertiary/aromatic N) is 2. The molecule has 0 amide bonds. The van der Waals surface area contributed by atoms with Crippen molar-refractivity contribution >= 4 is 5.69 Å². The summed E-state index contributed by atoms with van der Waals surface area (Å²) in [6.07, 6.45) is -2.53. The predicted octanol–water partition coefficient (Wildman–Crippen LogP) is 3.58. The van der Waals surface area contributed by atoms with Crippen molar-refractivity contribution in [3.05, 3.63) is 29.3 Å². The molecule has 1 atom stereocenters. The Morgan fingerprint density at radius 3 is 2.81 bits per heavy atom. The molecule has 1 aromatic rings. The van der Waals surface area contributed by atoms with E-state index in [4.69, 9.17) is 10.00 Å². The van der Waals surface area contributed by atoms with Crippen LogP contribution in [0.2, 0.25) is 0 Å². The van der Waals surface area contributed by atoms with Crippen molar-refractivity contribution in [2.24, 2.45) is 0 Å². The van der Waals surface area contributed by atoms with Crippen LogP contribution in [0.15, 0.2) is 18.2 Å². The normalized spacial score (nSPS) is 19.4. The van der Waals surface area contributed by atoms with Gasteiger partial charge in [-0.05, 0) is 38.0 Å². The molecule has 0 aromatic heterocycles. The van der Waals surface area contributed by atoms with E-state index in [1.807, 2.05) is 11.8 Å². The zero-order valence-electron chi connectivity index (χ0n) is 11.8. The molecule has 0 spiro atoms. The molecular weight excluding hydrogens is 281 g/mol. The molecule has 0 N–H and O–H groups in total. The Hall–Kier alpha value is -1.74. The average Bonchev–Trinajstić information content (AvgIpc) is 2.46.